The Kier molecular flexibility index (Phi) is 6.32. The Morgan fingerprint density at radius 3 is 2.94 bits per heavy atom. The average Bonchev–Trinajstić information content (AvgIpc) is 2.68. The fourth-order valence-electron chi connectivity index (χ4n) is 2.41. The van der Waals surface area contributed by atoms with E-state index in [-0.39, 0.29) is 5.54 Å². The van der Waals surface area contributed by atoms with Crippen LogP contribution in [0.2, 0.25) is 0 Å². The number of thioether (sulfide) groups is 1. The van der Waals surface area contributed by atoms with Crippen molar-refractivity contribution in [2.75, 3.05) is 19.5 Å². The van der Waals surface area contributed by atoms with Crippen molar-refractivity contribution in [1.82, 2.24) is 5.32 Å². The third kappa shape index (κ3) is 4.87. The van der Waals surface area contributed by atoms with Crippen molar-refractivity contribution in [3.63, 3.8) is 0 Å². The van der Waals surface area contributed by atoms with Gasteiger partial charge in [0.15, 0.2) is 0 Å². The molecule has 1 saturated carbocycles. The molecule has 17 heavy (non-hydrogen) atoms. The molecule has 1 N–H and O–H groups in total. The van der Waals surface area contributed by atoms with Gasteiger partial charge in [-0.1, -0.05) is 0 Å². The van der Waals surface area contributed by atoms with Crippen LogP contribution in [0.25, 0.3) is 0 Å². The molecule has 2 atom stereocenters. The predicted molar refractivity (Wildman–Crippen MR) is 73.2 cm³/mol. The lowest BCUT2D eigenvalue weighted by molar-refractivity contribution is 0.200. The Labute approximate surface area is 109 Å². The van der Waals surface area contributed by atoms with E-state index in [4.69, 9.17) is 4.74 Å². The molecule has 0 heterocycles. The molecule has 0 spiro atoms. The summed E-state index contributed by atoms with van der Waals surface area (Å²) in [6, 6.07) is 2.87. The van der Waals surface area contributed by atoms with Crippen LogP contribution in [0.4, 0.5) is 0 Å². The number of ether oxygens (including phenoxy) is 1. The molecule has 0 radical (unpaired) electrons. The first-order chi connectivity index (χ1) is 8.12. The lowest BCUT2D eigenvalue weighted by atomic mass is 9.99. The van der Waals surface area contributed by atoms with Crippen LogP contribution in [-0.2, 0) is 4.74 Å². The fraction of sp³-hybridized carbons (Fsp3) is 0.923. The largest absolute Gasteiger partial charge is 0.385 e. The molecule has 1 aliphatic carbocycles. The minimum absolute atomic E-state index is 0.271. The SMILES string of the molecule is COCCCSC1CCC(C#N)(NC(C)C)C1. The summed E-state index contributed by atoms with van der Waals surface area (Å²) in [5.74, 6) is 1.14. The molecule has 0 bridgehead atoms. The number of nitrogens with zero attached hydrogens (tertiary/aromatic N) is 1. The van der Waals surface area contributed by atoms with Crippen molar-refractivity contribution >= 4 is 11.8 Å². The van der Waals surface area contributed by atoms with Crippen molar-refractivity contribution in [2.45, 2.75) is 56.4 Å². The maximum atomic E-state index is 9.35. The lowest BCUT2D eigenvalue weighted by Gasteiger charge is -2.25. The molecular formula is C13H24N2OS. The Morgan fingerprint density at radius 1 is 1.59 bits per heavy atom. The molecule has 3 nitrogen and oxygen atoms in total. The van der Waals surface area contributed by atoms with E-state index in [1.165, 1.54) is 0 Å². The van der Waals surface area contributed by atoms with Crippen LogP contribution in [-0.4, -0.2) is 36.3 Å². The first-order valence-corrected chi connectivity index (χ1v) is 7.46. The molecule has 1 fully saturated rings. The highest BCUT2D eigenvalue weighted by Gasteiger charge is 2.39. The van der Waals surface area contributed by atoms with E-state index in [0.29, 0.717) is 11.3 Å². The van der Waals surface area contributed by atoms with Gasteiger partial charge in [0.05, 0.1) is 6.07 Å². The zero-order valence-electron chi connectivity index (χ0n) is 11.2. The number of nitriles is 1. The van der Waals surface area contributed by atoms with Crippen molar-refractivity contribution < 1.29 is 4.74 Å². The van der Waals surface area contributed by atoms with Crippen LogP contribution in [0.5, 0.6) is 0 Å². The standard InChI is InChI=1S/C13H24N2OS/c1-11(2)15-13(10-14)6-5-12(9-13)17-8-4-7-16-3/h11-12,15H,4-9H2,1-3H3. The predicted octanol–water partition coefficient (Wildman–Crippen LogP) is 2.57. The van der Waals surface area contributed by atoms with Gasteiger partial charge in [0.1, 0.15) is 5.54 Å². The molecule has 4 heteroatoms. The van der Waals surface area contributed by atoms with E-state index in [0.717, 1.165) is 38.0 Å². The van der Waals surface area contributed by atoms with E-state index >= 15 is 0 Å². The first-order valence-electron chi connectivity index (χ1n) is 6.41. The number of hydrogen-bond donors (Lipinski definition) is 1. The summed E-state index contributed by atoms with van der Waals surface area (Å²) in [6.07, 6.45) is 4.24. The van der Waals surface area contributed by atoms with E-state index < -0.39 is 0 Å². The minimum atomic E-state index is -0.271. The van der Waals surface area contributed by atoms with Gasteiger partial charge in [0.25, 0.3) is 0 Å². The fourth-order valence-corrected chi connectivity index (χ4v) is 3.72. The summed E-state index contributed by atoms with van der Waals surface area (Å²) in [6.45, 7) is 5.06. The number of methoxy groups -OCH3 is 1. The zero-order valence-corrected chi connectivity index (χ0v) is 12.0. The highest BCUT2D eigenvalue weighted by molar-refractivity contribution is 7.99. The van der Waals surface area contributed by atoms with Gasteiger partial charge in [-0.15, -0.1) is 0 Å². The molecule has 1 aliphatic rings. The smallest absolute Gasteiger partial charge is 0.108 e. The quantitative estimate of drug-likeness (QED) is 0.711. The molecule has 0 aromatic heterocycles. The highest BCUT2D eigenvalue weighted by atomic mass is 32.2. The summed E-state index contributed by atoms with van der Waals surface area (Å²) in [7, 11) is 1.74. The van der Waals surface area contributed by atoms with Gasteiger partial charge in [-0.3, -0.25) is 5.32 Å². The molecule has 0 amide bonds. The monoisotopic (exact) mass is 256 g/mol. The van der Waals surface area contributed by atoms with Crippen LogP contribution in [0.15, 0.2) is 0 Å². The molecule has 1 rings (SSSR count). The maximum absolute atomic E-state index is 9.35. The number of hydrogen-bond acceptors (Lipinski definition) is 4. The highest BCUT2D eigenvalue weighted by Crippen LogP contribution is 2.37. The van der Waals surface area contributed by atoms with Gasteiger partial charge < -0.3 is 4.74 Å². The lowest BCUT2D eigenvalue weighted by Crippen LogP contribution is -2.45. The maximum Gasteiger partial charge on any atom is 0.108 e. The topological polar surface area (TPSA) is 45.0 Å². The van der Waals surface area contributed by atoms with Crippen molar-refractivity contribution in [3.8, 4) is 6.07 Å². The van der Waals surface area contributed by atoms with E-state index in [2.05, 4.69) is 25.2 Å². The third-order valence-electron chi connectivity index (χ3n) is 3.09. The van der Waals surface area contributed by atoms with Crippen LogP contribution < -0.4 is 5.32 Å². The Hall–Kier alpha value is -0.240. The summed E-state index contributed by atoms with van der Waals surface area (Å²) >= 11 is 2.00. The number of nitrogens with one attached hydrogen (secondary N) is 1. The van der Waals surface area contributed by atoms with Gasteiger partial charge in [-0.2, -0.15) is 17.0 Å². The molecule has 0 aliphatic heterocycles. The van der Waals surface area contributed by atoms with E-state index in [1.807, 2.05) is 11.8 Å². The molecular weight excluding hydrogens is 232 g/mol. The molecule has 0 aromatic carbocycles. The molecule has 98 valence electrons. The van der Waals surface area contributed by atoms with Crippen molar-refractivity contribution in [2.24, 2.45) is 0 Å². The second-order valence-corrected chi connectivity index (χ2v) is 6.48. The Bertz CT molecular complexity index is 265. The molecule has 0 saturated heterocycles. The van der Waals surface area contributed by atoms with E-state index in [9.17, 15) is 5.26 Å². The molecule has 2 unspecified atom stereocenters. The second-order valence-electron chi connectivity index (χ2n) is 5.07. The van der Waals surface area contributed by atoms with Gasteiger partial charge >= 0.3 is 0 Å². The van der Waals surface area contributed by atoms with Gasteiger partial charge in [0.2, 0.25) is 0 Å². The van der Waals surface area contributed by atoms with E-state index in [1.54, 1.807) is 7.11 Å². The zero-order chi connectivity index (χ0) is 12.7. The summed E-state index contributed by atoms with van der Waals surface area (Å²) in [5, 5.41) is 13.4. The van der Waals surface area contributed by atoms with Gasteiger partial charge in [-0.05, 0) is 45.3 Å². The summed E-state index contributed by atoms with van der Waals surface area (Å²) in [5.41, 5.74) is -0.271. The third-order valence-corrected chi connectivity index (χ3v) is 4.49. The Balaban J connectivity index is 2.32. The van der Waals surface area contributed by atoms with Crippen LogP contribution in [0, 0.1) is 11.3 Å². The Morgan fingerprint density at radius 2 is 2.35 bits per heavy atom. The second kappa shape index (κ2) is 7.25. The van der Waals surface area contributed by atoms with Crippen LogP contribution >= 0.6 is 11.8 Å². The van der Waals surface area contributed by atoms with Crippen LogP contribution in [0.3, 0.4) is 0 Å². The molecule has 0 aromatic rings. The number of rotatable bonds is 7. The van der Waals surface area contributed by atoms with Crippen LogP contribution in [0.1, 0.15) is 39.5 Å². The van der Waals surface area contributed by atoms with Gasteiger partial charge in [0, 0.05) is 25.0 Å². The average molecular weight is 256 g/mol. The normalized spacial score (nSPS) is 28.5. The van der Waals surface area contributed by atoms with Gasteiger partial charge in [-0.25, -0.2) is 0 Å². The minimum Gasteiger partial charge on any atom is -0.385 e. The first kappa shape index (κ1) is 14.8. The summed E-state index contributed by atoms with van der Waals surface area (Å²) < 4.78 is 5.04. The van der Waals surface area contributed by atoms with Crippen molar-refractivity contribution in [1.29, 1.82) is 5.26 Å². The summed E-state index contributed by atoms with van der Waals surface area (Å²) in [4.78, 5) is 0. The van der Waals surface area contributed by atoms with Crippen molar-refractivity contribution in [3.05, 3.63) is 0 Å².